The Morgan fingerprint density at radius 3 is 2.66 bits per heavy atom. The van der Waals surface area contributed by atoms with Gasteiger partial charge in [0.2, 0.25) is 5.95 Å². The summed E-state index contributed by atoms with van der Waals surface area (Å²) in [6.07, 6.45) is 10.2. The minimum Gasteiger partial charge on any atom is -0.462 e. The summed E-state index contributed by atoms with van der Waals surface area (Å²) in [5.74, 6) is -0.210. The monoisotopic (exact) mass is 500 g/mol. The van der Waals surface area contributed by atoms with Crippen LogP contribution in [0.3, 0.4) is 0 Å². The number of aliphatic hydroxyl groups excluding tert-OH is 1. The van der Waals surface area contributed by atoms with E-state index in [1.807, 2.05) is 19.1 Å². The predicted octanol–water partition coefficient (Wildman–Crippen LogP) is 3.96. The highest BCUT2D eigenvalue weighted by Crippen LogP contribution is 2.24. The number of rotatable bonds is 12. The van der Waals surface area contributed by atoms with E-state index in [1.54, 1.807) is 38.1 Å². The summed E-state index contributed by atoms with van der Waals surface area (Å²) < 4.78 is 28.9. The zero-order valence-corrected chi connectivity index (χ0v) is 21.2. The highest BCUT2D eigenvalue weighted by Gasteiger charge is 2.20. The number of benzene rings is 1. The maximum absolute atomic E-state index is 12.5. The molecule has 1 aromatic carbocycles. The lowest BCUT2D eigenvalue weighted by atomic mass is 10.1. The van der Waals surface area contributed by atoms with Gasteiger partial charge < -0.3 is 20.5 Å². The number of aromatic nitrogens is 2. The van der Waals surface area contributed by atoms with Gasteiger partial charge in [-0.25, -0.2) is 18.2 Å². The number of esters is 1. The van der Waals surface area contributed by atoms with Crippen molar-refractivity contribution in [2.75, 3.05) is 30.1 Å². The topological polar surface area (TPSA) is 131 Å². The number of anilines is 3. The molecule has 2 aromatic rings. The molecule has 0 fully saturated rings. The summed E-state index contributed by atoms with van der Waals surface area (Å²) in [6.45, 7) is 8.93. The van der Waals surface area contributed by atoms with E-state index in [0.29, 0.717) is 17.7 Å². The smallest absolute Gasteiger partial charge is 0.343 e. The van der Waals surface area contributed by atoms with Gasteiger partial charge in [0.25, 0.3) is 0 Å². The number of hydrogen-bond acceptors (Lipinski definition) is 9. The molecule has 9 nitrogen and oxygen atoms in total. The zero-order valence-electron chi connectivity index (χ0n) is 20.4. The molecule has 0 radical (unpaired) electrons. The van der Waals surface area contributed by atoms with Gasteiger partial charge in [0, 0.05) is 18.1 Å². The molecule has 2 rings (SSSR count). The van der Waals surface area contributed by atoms with Crippen LogP contribution in [0.2, 0.25) is 0 Å². The molecule has 1 aromatic heterocycles. The number of ether oxygens (including phenoxy) is 1. The number of nitrogens with one attached hydrogen (secondary N) is 2. The molecule has 3 N–H and O–H groups in total. The fourth-order valence-electron chi connectivity index (χ4n) is 3.30. The van der Waals surface area contributed by atoms with Crippen LogP contribution in [0.5, 0.6) is 0 Å². The molecule has 10 heteroatoms. The minimum atomic E-state index is -3.34. The Labute approximate surface area is 206 Å². The first-order valence-electron chi connectivity index (χ1n) is 11.1. The third-order valence-electron chi connectivity index (χ3n) is 4.98. The summed E-state index contributed by atoms with van der Waals surface area (Å²) in [5.41, 5.74) is 2.24. The first-order chi connectivity index (χ1) is 16.6. The zero-order chi connectivity index (χ0) is 26.0. The quantitative estimate of drug-likeness (QED) is 0.293. The average molecular weight is 501 g/mol. The molecule has 35 heavy (non-hydrogen) atoms. The second-order valence-corrected chi connectivity index (χ2v) is 9.72. The molecule has 0 aliphatic heterocycles. The lowest BCUT2D eigenvalue weighted by molar-refractivity contribution is 0.0526. The Bertz CT molecular complexity index is 1220. The van der Waals surface area contributed by atoms with Crippen LogP contribution in [0, 0.1) is 6.92 Å². The molecule has 0 saturated heterocycles. The molecule has 1 atom stereocenters. The molecule has 0 bridgehead atoms. The van der Waals surface area contributed by atoms with Gasteiger partial charge >= 0.3 is 5.97 Å². The lowest BCUT2D eigenvalue weighted by Gasteiger charge is -2.20. The van der Waals surface area contributed by atoms with Gasteiger partial charge in [0.05, 0.1) is 24.2 Å². The first-order valence-corrected chi connectivity index (χ1v) is 13.0. The lowest BCUT2D eigenvalue weighted by Crippen LogP contribution is -2.26. The number of aryl methyl sites for hydroxylation is 1. The summed E-state index contributed by atoms with van der Waals surface area (Å²) >= 11 is 0. The average Bonchev–Trinajstić information content (AvgIpc) is 2.80. The van der Waals surface area contributed by atoms with Crippen LogP contribution in [0.1, 0.15) is 36.2 Å². The number of sulfone groups is 1. The van der Waals surface area contributed by atoms with Gasteiger partial charge in [-0.3, -0.25) is 0 Å². The van der Waals surface area contributed by atoms with Crippen LogP contribution in [-0.2, 0) is 14.6 Å². The maximum Gasteiger partial charge on any atom is 0.343 e. The van der Waals surface area contributed by atoms with Crippen molar-refractivity contribution in [3.63, 3.8) is 0 Å². The van der Waals surface area contributed by atoms with Crippen molar-refractivity contribution in [1.29, 1.82) is 0 Å². The molecular weight excluding hydrogens is 468 g/mol. The molecule has 0 aliphatic carbocycles. The number of hydrogen-bond donors (Lipinski definition) is 3. The van der Waals surface area contributed by atoms with Crippen molar-refractivity contribution in [3.05, 3.63) is 72.0 Å². The maximum atomic E-state index is 12.5. The van der Waals surface area contributed by atoms with Crippen LogP contribution in [0.25, 0.3) is 0 Å². The molecule has 0 aliphatic rings. The third kappa shape index (κ3) is 8.04. The summed E-state index contributed by atoms with van der Waals surface area (Å²) in [4.78, 5) is 21.4. The van der Waals surface area contributed by atoms with E-state index in [0.717, 1.165) is 11.8 Å². The Morgan fingerprint density at radius 2 is 2.09 bits per heavy atom. The number of allylic oxidation sites excluding steroid dienone is 4. The minimum absolute atomic E-state index is 0.128. The molecule has 0 amide bonds. The van der Waals surface area contributed by atoms with E-state index in [4.69, 9.17) is 4.74 Å². The van der Waals surface area contributed by atoms with E-state index in [9.17, 15) is 18.3 Å². The summed E-state index contributed by atoms with van der Waals surface area (Å²) in [6, 6.07) is 4.35. The second kappa shape index (κ2) is 12.8. The van der Waals surface area contributed by atoms with E-state index in [2.05, 4.69) is 27.2 Å². The summed E-state index contributed by atoms with van der Waals surface area (Å²) in [5, 5.41) is 16.1. The Balaban J connectivity index is 2.38. The van der Waals surface area contributed by atoms with E-state index < -0.39 is 21.8 Å². The fourth-order valence-corrected chi connectivity index (χ4v) is 4.25. The molecule has 0 spiro atoms. The van der Waals surface area contributed by atoms with Gasteiger partial charge in [-0.05, 0) is 51.0 Å². The Hall–Kier alpha value is -3.50. The van der Waals surface area contributed by atoms with Gasteiger partial charge in [-0.2, -0.15) is 4.98 Å². The van der Waals surface area contributed by atoms with Crippen LogP contribution in [0.4, 0.5) is 17.5 Å². The number of carbonyl (C=O) groups excluding carboxylic acids is 1. The largest absolute Gasteiger partial charge is 0.462 e. The van der Waals surface area contributed by atoms with Crippen molar-refractivity contribution < 1.29 is 23.1 Å². The molecular formula is C25H32N4O5S. The van der Waals surface area contributed by atoms with Crippen molar-refractivity contribution in [2.45, 2.75) is 38.1 Å². The third-order valence-corrected chi connectivity index (χ3v) is 6.23. The molecule has 0 unspecified atom stereocenters. The van der Waals surface area contributed by atoms with Crippen LogP contribution < -0.4 is 10.6 Å². The van der Waals surface area contributed by atoms with Gasteiger partial charge in [-0.15, -0.1) is 0 Å². The van der Waals surface area contributed by atoms with Gasteiger partial charge in [-0.1, -0.05) is 36.5 Å². The van der Waals surface area contributed by atoms with Crippen LogP contribution in [0.15, 0.2) is 65.7 Å². The van der Waals surface area contributed by atoms with Crippen molar-refractivity contribution in [1.82, 2.24) is 9.97 Å². The van der Waals surface area contributed by atoms with Crippen molar-refractivity contribution >= 4 is 33.3 Å². The van der Waals surface area contributed by atoms with Crippen LogP contribution >= 0.6 is 0 Å². The van der Waals surface area contributed by atoms with E-state index in [-0.39, 0.29) is 35.4 Å². The number of aliphatic hydroxyl groups is 1. The van der Waals surface area contributed by atoms with E-state index >= 15 is 0 Å². The highest BCUT2D eigenvalue weighted by molar-refractivity contribution is 7.90. The Kier molecular flexibility index (Phi) is 10.2. The normalized spacial score (nSPS) is 12.9. The standard InChI is InChI=1S/C25H32N4O5S/c1-6-9-10-18(7-2)14-20(16-30)27-23-21(24(31)34-8-3)15-26-25(29-23)28-19-11-12-22(17(4)13-19)35(5,32)33/h6-7,9-13,15,20,30H,1,8,14,16H2,2-5H3,(H2,26,27,28,29)/b10-9-,18-7+/t20-/m0/s1. The first kappa shape index (κ1) is 27.7. The Morgan fingerprint density at radius 1 is 1.34 bits per heavy atom. The van der Waals surface area contributed by atoms with E-state index in [1.165, 1.54) is 12.3 Å². The number of nitrogens with zero attached hydrogens (tertiary/aromatic N) is 2. The van der Waals surface area contributed by atoms with Crippen molar-refractivity contribution in [3.8, 4) is 0 Å². The predicted molar refractivity (Wildman–Crippen MR) is 138 cm³/mol. The highest BCUT2D eigenvalue weighted by atomic mass is 32.2. The number of carbonyl (C=O) groups is 1. The molecule has 1 heterocycles. The second-order valence-electron chi connectivity index (χ2n) is 7.74. The van der Waals surface area contributed by atoms with Gasteiger partial charge in [0.1, 0.15) is 11.4 Å². The fraction of sp³-hybridized carbons (Fsp3) is 0.320. The van der Waals surface area contributed by atoms with Crippen molar-refractivity contribution in [2.24, 2.45) is 0 Å². The summed E-state index contributed by atoms with van der Waals surface area (Å²) in [7, 11) is -3.34. The van der Waals surface area contributed by atoms with Gasteiger partial charge in [0.15, 0.2) is 9.84 Å². The SMILES string of the molecule is C=C/C=C\C(=C/C)C[C@@H](CO)Nc1nc(Nc2ccc(S(C)(=O)=O)c(C)c2)ncc1C(=O)OCC. The van der Waals surface area contributed by atoms with Crippen LogP contribution in [-0.4, -0.2) is 55.0 Å². The molecule has 188 valence electrons. The molecule has 0 saturated carbocycles.